The van der Waals surface area contributed by atoms with E-state index in [1.807, 2.05) is 0 Å². The van der Waals surface area contributed by atoms with E-state index >= 15 is 4.39 Å². The molecule has 0 unspecified atom stereocenters. The topological polar surface area (TPSA) is 71.2 Å². The van der Waals surface area contributed by atoms with E-state index in [0.717, 1.165) is 11.9 Å². The van der Waals surface area contributed by atoms with Gasteiger partial charge in [0.25, 0.3) is 0 Å². The van der Waals surface area contributed by atoms with Crippen LogP contribution >= 0.6 is 23.5 Å². The van der Waals surface area contributed by atoms with Crippen molar-refractivity contribution < 1.29 is 13.5 Å². The summed E-state index contributed by atoms with van der Waals surface area (Å²) in [5.74, 6) is -0.774. The van der Waals surface area contributed by atoms with Gasteiger partial charge in [0, 0.05) is 36.3 Å². The number of aromatic nitrogens is 1. The number of halogens is 3. The molecule has 0 atom stereocenters. The number of ether oxygens (including phenoxy) is 1. The van der Waals surface area contributed by atoms with Crippen LogP contribution in [0, 0.1) is 11.6 Å². The van der Waals surface area contributed by atoms with E-state index in [9.17, 15) is 4.39 Å². The molecule has 6 nitrogen and oxygen atoms in total. The molecule has 0 bridgehead atoms. The van der Waals surface area contributed by atoms with Crippen LogP contribution in [0.15, 0.2) is 62.1 Å². The Labute approximate surface area is 187 Å². The van der Waals surface area contributed by atoms with Crippen LogP contribution in [0.5, 0.6) is 5.88 Å². The van der Waals surface area contributed by atoms with Crippen molar-refractivity contribution in [3.63, 3.8) is 0 Å². The van der Waals surface area contributed by atoms with Gasteiger partial charge in [0.05, 0.1) is 28.3 Å². The van der Waals surface area contributed by atoms with Crippen molar-refractivity contribution in [1.29, 1.82) is 0 Å². The third-order valence-electron chi connectivity index (χ3n) is 4.27. The fraction of sp³-hybridized carbons (Fsp3) is 0.143. The number of pyridine rings is 1. The SMILES string of the molecule is C=N/C=C1/C=C(c2c(F)ccc(NSc3cc(Cl)cnc3OC)c2F)C(C)=NC1=NC. The summed E-state index contributed by atoms with van der Waals surface area (Å²) in [4.78, 5) is 16.7. The fourth-order valence-corrected chi connectivity index (χ4v) is 3.87. The van der Waals surface area contributed by atoms with Crippen LogP contribution in [-0.4, -0.2) is 37.4 Å². The Morgan fingerprint density at radius 2 is 2.10 bits per heavy atom. The number of hydrogen-bond acceptors (Lipinski definition) is 6. The summed E-state index contributed by atoms with van der Waals surface area (Å²) < 4.78 is 38.1. The molecule has 0 saturated heterocycles. The van der Waals surface area contributed by atoms with Gasteiger partial charge in [0.2, 0.25) is 5.88 Å². The molecule has 0 amide bonds. The molecule has 160 valence electrons. The highest BCUT2D eigenvalue weighted by atomic mass is 35.5. The number of nitrogens with zero attached hydrogens (tertiary/aromatic N) is 4. The highest BCUT2D eigenvalue weighted by Gasteiger charge is 2.24. The quantitative estimate of drug-likeness (QED) is 0.448. The minimum absolute atomic E-state index is 0.0689. The van der Waals surface area contributed by atoms with Crippen LogP contribution in [0.1, 0.15) is 12.5 Å². The molecule has 1 N–H and O–H groups in total. The molecular formula is C21H18ClF2N5OS. The van der Waals surface area contributed by atoms with E-state index in [0.29, 0.717) is 32.9 Å². The van der Waals surface area contributed by atoms with E-state index in [1.165, 1.54) is 31.6 Å². The van der Waals surface area contributed by atoms with Gasteiger partial charge in [-0.15, -0.1) is 0 Å². The monoisotopic (exact) mass is 461 g/mol. The molecule has 1 aliphatic rings. The van der Waals surface area contributed by atoms with Crippen LogP contribution in [-0.2, 0) is 0 Å². The maximum Gasteiger partial charge on any atom is 0.228 e. The number of benzene rings is 1. The van der Waals surface area contributed by atoms with Crippen LogP contribution in [0.3, 0.4) is 0 Å². The first-order valence-electron chi connectivity index (χ1n) is 8.90. The van der Waals surface area contributed by atoms with Crippen LogP contribution in [0.4, 0.5) is 14.5 Å². The van der Waals surface area contributed by atoms with E-state index in [-0.39, 0.29) is 16.8 Å². The molecule has 10 heteroatoms. The lowest BCUT2D eigenvalue weighted by atomic mass is 9.95. The third kappa shape index (κ3) is 4.83. The molecule has 0 fully saturated rings. The van der Waals surface area contributed by atoms with Crippen molar-refractivity contribution in [2.24, 2.45) is 15.0 Å². The van der Waals surface area contributed by atoms with Gasteiger partial charge < -0.3 is 9.46 Å². The second kappa shape index (κ2) is 9.84. The Bertz CT molecular complexity index is 1160. The van der Waals surface area contributed by atoms with Gasteiger partial charge in [-0.25, -0.2) is 18.8 Å². The van der Waals surface area contributed by atoms with Crippen LogP contribution in [0.2, 0.25) is 5.02 Å². The standard InChI is InChI=1S/C21H18ClF2N5OS/c1-11-14(7-12(9-25-2)20(26-3)28-11)18-15(23)5-6-16(19(18)24)29-31-17-8-13(22)10-27-21(17)30-4/h5-10,29H,2H2,1,3-4H3/b12-9-,26-20?. The number of rotatable bonds is 6. The largest absolute Gasteiger partial charge is 0.480 e. The Morgan fingerprint density at radius 1 is 1.32 bits per heavy atom. The lowest BCUT2D eigenvalue weighted by molar-refractivity contribution is 0.387. The zero-order chi connectivity index (χ0) is 22.5. The smallest absolute Gasteiger partial charge is 0.228 e. The van der Waals surface area contributed by atoms with Gasteiger partial charge >= 0.3 is 0 Å². The van der Waals surface area contributed by atoms with E-state index < -0.39 is 11.6 Å². The Hall–Kier alpha value is -3.04. The summed E-state index contributed by atoms with van der Waals surface area (Å²) in [6.45, 7) is 5.08. The minimum Gasteiger partial charge on any atom is -0.480 e. The second-order valence-electron chi connectivity index (χ2n) is 6.22. The van der Waals surface area contributed by atoms with E-state index in [4.69, 9.17) is 16.3 Å². The molecule has 1 aromatic heterocycles. The van der Waals surface area contributed by atoms with Gasteiger partial charge in [0.1, 0.15) is 5.82 Å². The summed E-state index contributed by atoms with van der Waals surface area (Å²) in [5.41, 5.74) is 1.06. The number of nitrogens with one attached hydrogen (secondary N) is 1. The van der Waals surface area contributed by atoms with Gasteiger partial charge in [-0.05, 0) is 49.9 Å². The highest BCUT2D eigenvalue weighted by molar-refractivity contribution is 8.00. The van der Waals surface area contributed by atoms with Crippen LogP contribution in [0.25, 0.3) is 5.57 Å². The zero-order valence-corrected chi connectivity index (χ0v) is 18.5. The molecule has 2 heterocycles. The normalized spacial score (nSPS) is 16.2. The Balaban J connectivity index is 2.00. The number of anilines is 1. The number of amidine groups is 1. The summed E-state index contributed by atoms with van der Waals surface area (Å²) in [7, 11) is 3.04. The van der Waals surface area contributed by atoms with Crippen molar-refractivity contribution in [3.05, 3.63) is 64.5 Å². The van der Waals surface area contributed by atoms with Crippen molar-refractivity contribution >= 4 is 53.1 Å². The van der Waals surface area contributed by atoms with Crippen molar-refractivity contribution in [2.75, 3.05) is 18.9 Å². The molecule has 1 aliphatic heterocycles. The number of hydrogen-bond donors (Lipinski definition) is 1. The Kier molecular flexibility index (Phi) is 7.19. The third-order valence-corrected chi connectivity index (χ3v) is 5.31. The van der Waals surface area contributed by atoms with Gasteiger partial charge in [-0.3, -0.25) is 9.98 Å². The molecule has 3 rings (SSSR count). The first kappa shape index (κ1) is 22.6. The summed E-state index contributed by atoms with van der Waals surface area (Å²) >= 11 is 7.02. The fourth-order valence-electron chi connectivity index (χ4n) is 2.86. The van der Waals surface area contributed by atoms with Crippen LogP contribution < -0.4 is 9.46 Å². The van der Waals surface area contributed by atoms with Gasteiger partial charge in [-0.2, -0.15) is 0 Å². The average Bonchev–Trinajstić information content (AvgIpc) is 2.75. The number of allylic oxidation sites excluding steroid dienone is 1. The van der Waals surface area contributed by atoms with E-state index in [2.05, 4.69) is 31.4 Å². The molecule has 0 radical (unpaired) electrons. The van der Waals surface area contributed by atoms with Gasteiger partial charge in [-0.1, -0.05) is 11.6 Å². The minimum atomic E-state index is -0.773. The predicted molar refractivity (Wildman–Crippen MR) is 124 cm³/mol. The summed E-state index contributed by atoms with van der Waals surface area (Å²) in [6.07, 6.45) is 4.46. The summed E-state index contributed by atoms with van der Waals surface area (Å²) in [6, 6.07) is 4.11. The first-order valence-corrected chi connectivity index (χ1v) is 10.1. The molecule has 0 saturated carbocycles. The van der Waals surface area contributed by atoms with Crippen molar-refractivity contribution in [1.82, 2.24) is 4.98 Å². The molecular weight excluding hydrogens is 444 g/mol. The Morgan fingerprint density at radius 3 is 2.77 bits per heavy atom. The number of aliphatic imine (C=N–C) groups is 3. The first-order chi connectivity index (χ1) is 14.9. The second-order valence-corrected chi connectivity index (χ2v) is 7.50. The van der Waals surface area contributed by atoms with Gasteiger partial charge in [0.15, 0.2) is 11.7 Å². The average molecular weight is 462 g/mol. The van der Waals surface area contributed by atoms with Crippen molar-refractivity contribution in [2.45, 2.75) is 11.8 Å². The molecule has 0 spiro atoms. The lowest BCUT2D eigenvalue weighted by Gasteiger charge is -2.18. The summed E-state index contributed by atoms with van der Waals surface area (Å²) in [5, 5.41) is 0.396. The van der Waals surface area contributed by atoms with E-state index in [1.54, 1.807) is 26.1 Å². The molecule has 31 heavy (non-hydrogen) atoms. The van der Waals surface area contributed by atoms with Crippen molar-refractivity contribution in [3.8, 4) is 5.88 Å². The highest BCUT2D eigenvalue weighted by Crippen LogP contribution is 2.35. The molecule has 1 aromatic carbocycles. The molecule has 0 aliphatic carbocycles. The maximum absolute atomic E-state index is 15.4. The lowest BCUT2D eigenvalue weighted by Crippen LogP contribution is -2.13. The number of dihydropyridines is 1. The maximum atomic E-state index is 15.4. The molecule has 2 aromatic rings. The predicted octanol–water partition coefficient (Wildman–Crippen LogP) is 5.61. The number of methoxy groups -OCH3 is 1. The zero-order valence-electron chi connectivity index (χ0n) is 16.9.